The van der Waals surface area contributed by atoms with Crippen LogP contribution in [-0.2, 0) is 14.2 Å². The normalized spacial score (nSPS) is 14.1. The van der Waals surface area contributed by atoms with Crippen LogP contribution >= 0.6 is 0 Å². The lowest BCUT2D eigenvalue weighted by atomic mass is 10.0. The number of fused-ring (bicyclic) bond motifs is 1. The summed E-state index contributed by atoms with van der Waals surface area (Å²) < 4.78 is 27.8. The van der Waals surface area contributed by atoms with E-state index in [0.29, 0.717) is 33.2 Å². The minimum atomic E-state index is 0.0638. The van der Waals surface area contributed by atoms with Gasteiger partial charge in [-0.15, -0.1) is 0 Å². The summed E-state index contributed by atoms with van der Waals surface area (Å²) in [5.74, 6) is 1.61. The van der Waals surface area contributed by atoms with Crippen LogP contribution in [0.2, 0.25) is 0 Å². The first-order valence-corrected chi connectivity index (χ1v) is 9.01. The minimum absolute atomic E-state index is 0.0638. The van der Waals surface area contributed by atoms with Crippen LogP contribution in [0.25, 0.3) is 0 Å². The molecule has 0 saturated carbocycles. The van der Waals surface area contributed by atoms with E-state index in [2.05, 4.69) is 19.9 Å². The molecule has 0 aliphatic carbocycles. The van der Waals surface area contributed by atoms with E-state index in [0.717, 1.165) is 49.4 Å². The van der Waals surface area contributed by atoms with Crippen LogP contribution in [0, 0.1) is 0 Å². The van der Waals surface area contributed by atoms with E-state index >= 15 is 0 Å². The van der Waals surface area contributed by atoms with Gasteiger partial charge in [-0.2, -0.15) is 0 Å². The molecule has 0 spiro atoms. The Kier molecular flexibility index (Phi) is 8.95. The van der Waals surface area contributed by atoms with Gasteiger partial charge in [-0.1, -0.05) is 32.8 Å². The van der Waals surface area contributed by atoms with Crippen molar-refractivity contribution in [2.45, 2.75) is 45.6 Å². The highest BCUT2D eigenvalue weighted by Gasteiger charge is 2.18. The second kappa shape index (κ2) is 11.3. The van der Waals surface area contributed by atoms with E-state index in [-0.39, 0.29) is 6.10 Å². The third-order valence-electron chi connectivity index (χ3n) is 3.88. The highest BCUT2D eigenvalue weighted by Crippen LogP contribution is 2.35. The van der Waals surface area contributed by atoms with E-state index < -0.39 is 0 Å². The summed E-state index contributed by atoms with van der Waals surface area (Å²) in [6.07, 6.45) is 4.37. The molecule has 0 saturated heterocycles. The average Bonchev–Trinajstić information content (AvgIpc) is 3.07. The maximum atomic E-state index is 6.01. The molecule has 5 heteroatoms. The molecule has 24 heavy (non-hydrogen) atoms. The van der Waals surface area contributed by atoms with Gasteiger partial charge >= 0.3 is 0 Å². The summed E-state index contributed by atoms with van der Waals surface area (Å²) in [4.78, 5) is 0. The van der Waals surface area contributed by atoms with Crippen molar-refractivity contribution in [3.8, 4) is 11.5 Å². The molecule has 0 N–H and O–H groups in total. The SMILES string of the molecule is CCCCOCCOCCOC(CCC)c1ccc2c(c1)OCO2. The van der Waals surface area contributed by atoms with Crippen molar-refractivity contribution in [3.63, 3.8) is 0 Å². The molecule has 0 amide bonds. The summed E-state index contributed by atoms with van der Waals surface area (Å²) in [6.45, 7) is 7.87. The van der Waals surface area contributed by atoms with Crippen LogP contribution in [0.15, 0.2) is 18.2 Å². The van der Waals surface area contributed by atoms with Crippen LogP contribution in [0.4, 0.5) is 0 Å². The number of ether oxygens (including phenoxy) is 5. The first-order chi connectivity index (χ1) is 11.8. The number of hydrogen-bond acceptors (Lipinski definition) is 5. The van der Waals surface area contributed by atoms with Crippen LogP contribution in [-0.4, -0.2) is 39.8 Å². The lowest BCUT2D eigenvalue weighted by molar-refractivity contribution is -0.0150. The molecule has 1 aromatic rings. The molecule has 5 nitrogen and oxygen atoms in total. The highest BCUT2D eigenvalue weighted by atomic mass is 16.7. The maximum Gasteiger partial charge on any atom is 0.231 e. The highest BCUT2D eigenvalue weighted by molar-refractivity contribution is 5.45. The Bertz CT molecular complexity index is 463. The van der Waals surface area contributed by atoms with Gasteiger partial charge in [-0.25, -0.2) is 0 Å². The minimum Gasteiger partial charge on any atom is -0.454 e. The van der Waals surface area contributed by atoms with Gasteiger partial charge in [-0.3, -0.25) is 0 Å². The molecule has 1 atom stereocenters. The lowest BCUT2D eigenvalue weighted by Gasteiger charge is -2.18. The Labute approximate surface area is 145 Å². The molecular formula is C19H30O5. The molecule has 1 aromatic carbocycles. The summed E-state index contributed by atoms with van der Waals surface area (Å²) >= 11 is 0. The molecule has 1 heterocycles. The summed E-state index contributed by atoms with van der Waals surface area (Å²) in [5, 5.41) is 0. The van der Waals surface area contributed by atoms with E-state index in [1.807, 2.05) is 12.1 Å². The number of benzene rings is 1. The Balaban J connectivity index is 1.66. The second-order valence-corrected chi connectivity index (χ2v) is 5.84. The van der Waals surface area contributed by atoms with Crippen molar-refractivity contribution in [2.24, 2.45) is 0 Å². The summed E-state index contributed by atoms with van der Waals surface area (Å²) in [7, 11) is 0. The quantitative estimate of drug-likeness (QED) is 0.507. The largest absolute Gasteiger partial charge is 0.454 e. The maximum absolute atomic E-state index is 6.01. The first-order valence-electron chi connectivity index (χ1n) is 9.01. The Morgan fingerprint density at radius 2 is 1.67 bits per heavy atom. The predicted molar refractivity (Wildman–Crippen MR) is 92.7 cm³/mol. The van der Waals surface area contributed by atoms with Gasteiger partial charge in [0, 0.05) is 6.61 Å². The number of hydrogen-bond donors (Lipinski definition) is 0. The Morgan fingerprint density at radius 3 is 2.46 bits per heavy atom. The smallest absolute Gasteiger partial charge is 0.231 e. The monoisotopic (exact) mass is 338 g/mol. The van der Waals surface area contributed by atoms with Crippen LogP contribution in [0.1, 0.15) is 51.2 Å². The standard InChI is InChI=1S/C19H30O5/c1-3-5-9-20-10-11-21-12-13-22-17(6-4-2)16-7-8-18-19(14-16)24-15-23-18/h7-8,14,17H,3-6,9-13,15H2,1-2H3. The van der Waals surface area contributed by atoms with Crippen molar-refractivity contribution in [3.05, 3.63) is 23.8 Å². The topological polar surface area (TPSA) is 46.2 Å². The van der Waals surface area contributed by atoms with Crippen LogP contribution < -0.4 is 9.47 Å². The second-order valence-electron chi connectivity index (χ2n) is 5.84. The van der Waals surface area contributed by atoms with E-state index in [1.54, 1.807) is 0 Å². The Hall–Kier alpha value is -1.30. The predicted octanol–water partition coefficient (Wildman–Crippen LogP) is 4.11. The van der Waals surface area contributed by atoms with Gasteiger partial charge < -0.3 is 23.7 Å². The molecule has 0 fully saturated rings. The van der Waals surface area contributed by atoms with E-state index in [1.165, 1.54) is 0 Å². The summed E-state index contributed by atoms with van der Waals surface area (Å²) in [6, 6.07) is 6.02. The summed E-state index contributed by atoms with van der Waals surface area (Å²) in [5.41, 5.74) is 1.13. The number of rotatable bonds is 13. The van der Waals surface area contributed by atoms with Gasteiger partial charge in [0.2, 0.25) is 6.79 Å². The third-order valence-corrected chi connectivity index (χ3v) is 3.88. The zero-order valence-electron chi connectivity index (χ0n) is 14.9. The molecule has 136 valence electrons. The molecule has 1 unspecified atom stereocenters. The first kappa shape index (κ1) is 19.0. The number of unbranched alkanes of at least 4 members (excludes halogenated alkanes) is 1. The molecule has 1 aliphatic heterocycles. The Morgan fingerprint density at radius 1 is 0.917 bits per heavy atom. The molecule has 0 bridgehead atoms. The zero-order chi connectivity index (χ0) is 17.0. The van der Waals surface area contributed by atoms with Crippen molar-refractivity contribution >= 4 is 0 Å². The lowest BCUT2D eigenvalue weighted by Crippen LogP contribution is -2.12. The molecule has 1 aliphatic rings. The fraction of sp³-hybridized carbons (Fsp3) is 0.684. The zero-order valence-corrected chi connectivity index (χ0v) is 14.9. The van der Waals surface area contributed by atoms with Crippen molar-refractivity contribution in [1.82, 2.24) is 0 Å². The van der Waals surface area contributed by atoms with Crippen molar-refractivity contribution in [2.75, 3.05) is 39.8 Å². The molecule has 0 aromatic heterocycles. The fourth-order valence-electron chi connectivity index (χ4n) is 2.54. The molecule has 0 radical (unpaired) electrons. The van der Waals surface area contributed by atoms with Gasteiger partial charge in [0.05, 0.1) is 32.5 Å². The van der Waals surface area contributed by atoms with Gasteiger partial charge in [0.25, 0.3) is 0 Å². The van der Waals surface area contributed by atoms with Crippen LogP contribution in [0.3, 0.4) is 0 Å². The third kappa shape index (κ3) is 6.30. The average molecular weight is 338 g/mol. The molecular weight excluding hydrogens is 308 g/mol. The van der Waals surface area contributed by atoms with Crippen LogP contribution in [0.5, 0.6) is 11.5 Å². The van der Waals surface area contributed by atoms with Crippen molar-refractivity contribution in [1.29, 1.82) is 0 Å². The molecule has 2 rings (SSSR count). The van der Waals surface area contributed by atoms with Crippen molar-refractivity contribution < 1.29 is 23.7 Å². The van der Waals surface area contributed by atoms with Gasteiger partial charge in [-0.05, 0) is 30.5 Å². The van der Waals surface area contributed by atoms with E-state index in [4.69, 9.17) is 23.7 Å². The van der Waals surface area contributed by atoms with Gasteiger partial charge in [0.15, 0.2) is 11.5 Å². The van der Waals surface area contributed by atoms with E-state index in [9.17, 15) is 0 Å². The fourth-order valence-corrected chi connectivity index (χ4v) is 2.54. The van der Waals surface area contributed by atoms with Gasteiger partial charge in [0.1, 0.15) is 0 Å².